The van der Waals surface area contributed by atoms with Gasteiger partial charge in [0, 0.05) is 6.42 Å². The average molecular weight is 543 g/mol. The van der Waals surface area contributed by atoms with Gasteiger partial charge in [-0.1, -0.05) is 56.3 Å². The maximum atomic E-state index is 13.3. The first-order valence-electron chi connectivity index (χ1n) is 12.8. The Morgan fingerprint density at radius 1 is 0.769 bits per heavy atom. The fraction of sp³-hybridized carbons (Fsp3) is 0.429. The smallest absolute Gasteiger partial charge is 0.326 e. The molecule has 0 fully saturated rings. The molecule has 5 atom stereocenters. The second-order valence-corrected chi connectivity index (χ2v) is 9.98. The van der Waals surface area contributed by atoms with Crippen molar-refractivity contribution in [2.75, 3.05) is 0 Å². The van der Waals surface area contributed by atoms with Crippen molar-refractivity contribution in [3.8, 4) is 5.75 Å². The van der Waals surface area contributed by atoms with E-state index in [1.54, 1.807) is 56.3 Å². The number of aromatic hydroxyl groups is 1. The zero-order chi connectivity index (χ0) is 29.1. The highest BCUT2D eigenvalue weighted by Crippen LogP contribution is 2.12. The van der Waals surface area contributed by atoms with Crippen molar-refractivity contribution in [3.63, 3.8) is 0 Å². The summed E-state index contributed by atoms with van der Waals surface area (Å²) in [5.41, 5.74) is 7.52. The van der Waals surface area contributed by atoms with Crippen LogP contribution in [0.25, 0.3) is 0 Å². The molecule has 2 rings (SSSR count). The number of benzene rings is 2. The molecule has 0 aliphatic carbocycles. The van der Waals surface area contributed by atoms with Gasteiger partial charge in [-0.3, -0.25) is 14.4 Å². The van der Waals surface area contributed by atoms with Gasteiger partial charge in [0.15, 0.2) is 0 Å². The van der Waals surface area contributed by atoms with E-state index in [2.05, 4.69) is 16.0 Å². The Hall–Kier alpha value is -3.96. The predicted octanol–water partition coefficient (Wildman–Crippen LogP) is 0.471. The summed E-state index contributed by atoms with van der Waals surface area (Å²) in [4.78, 5) is 50.7. The Morgan fingerprint density at radius 3 is 1.87 bits per heavy atom. The van der Waals surface area contributed by atoms with Gasteiger partial charge >= 0.3 is 5.97 Å². The molecule has 3 amide bonds. The van der Waals surface area contributed by atoms with Crippen LogP contribution in [0.1, 0.15) is 38.3 Å². The van der Waals surface area contributed by atoms with Crippen LogP contribution in [-0.2, 0) is 32.0 Å². The van der Waals surface area contributed by atoms with Crippen LogP contribution >= 0.6 is 0 Å². The van der Waals surface area contributed by atoms with E-state index in [1.807, 2.05) is 0 Å². The molecule has 8 N–H and O–H groups in total. The number of carbonyl (C=O) groups excluding carboxylic acids is 3. The molecule has 5 unspecified atom stereocenters. The highest BCUT2D eigenvalue weighted by Gasteiger charge is 2.33. The number of aliphatic hydroxyl groups excluding tert-OH is 1. The summed E-state index contributed by atoms with van der Waals surface area (Å²) in [5, 5.41) is 36.6. The van der Waals surface area contributed by atoms with Crippen molar-refractivity contribution < 1.29 is 34.5 Å². The number of rotatable bonds is 14. The van der Waals surface area contributed by atoms with Gasteiger partial charge in [-0.15, -0.1) is 0 Å². The minimum absolute atomic E-state index is 0.0257. The van der Waals surface area contributed by atoms with Crippen LogP contribution in [0, 0.1) is 5.92 Å². The molecule has 0 saturated heterocycles. The maximum absolute atomic E-state index is 13.3. The first-order chi connectivity index (χ1) is 18.4. The van der Waals surface area contributed by atoms with Crippen LogP contribution < -0.4 is 21.7 Å². The van der Waals surface area contributed by atoms with E-state index in [-0.39, 0.29) is 30.9 Å². The first kappa shape index (κ1) is 31.3. The Morgan fingerprint density at radius 2 is 1.33 bits per heavy atom. The van der Waals surface area contributed by atoms with Crippen molar-refractivity contribution in [2.45, 2.75) is 70.3 Å². The van der Waals surface area contributed by atoms with Gasteiger partial charge in [0.1, 0.15) is 23.9 Å². The molecule has 0 radical (unpaired) electrons. The van der Waals surface area contributed by atoms with Crippen molar-refractivity contribution in [1.82, 2.24) is 16.0 Å². The van der Waals surface area contributed by atoms with Crippen molar-refractivity contribution in [3.05, 3.63) is 65.7 Å². The number of phenolic OH excluding ortho intramolecular Hbond substituents is 1. The number of nitrogens with one attached hydrogen (secondary N) is 3. The number of carbonyl (C=O) groups is 4. The van der Waals surface area contributed by atoms with E-state index in [1.165, 1.54) is 19.1 Å². The number of hydrogen-bond acceptors (Lipinski definition) is 7. The predicted molar refractivity (Wildman–Crippen MR) is 144 cm³/mol. The molecule has 0 aliphatic rings. The zero-order valence-electron chi connectivity index (χ0n) is 22.3. The summed E-state index contributed by atoms with van der Waals surface area (Å²) in [6.07, 6.45) is -0.972. The minimum Gasteiger partial charge on any atom is -0.508 e. The number of carboxylic acids is 1. The van der Waals surface area contributed by atoms with Gasteiger partial charge in [0.25, 0.3) is 0 Å². The lowest BCUT2D eigenvalue weighted by Gasteiger charge is -2.27. The molecular weight excluding hydrogens is 504 g/mol. The van der Waals surface area contributed by atoms with E-state index in [4.69, 9.17) is 5.73 Å². The second kappa shape index (κ2) is 14.8. The standard InChI is InChI=1S/C28H38N4O7/c1-16(2)13-23(28(38)39)31-27(37)24(17(3)33)32-26(36)22(15-18-7-5-4-6-8-18)30-25(35)21(29)14-19-9-11-20(34)12-10-19/h4-12,16-17,21-24,33-34H,13-15,29H2,1-3H3,(H,30,35)(H,31,37)(H,32,36)(H,38,39). The maximum Gasteiger partial charge on any atom is 0.326 e. The van der Waals surface area contributed by atoms with Crippen LogP contribution in [0.3, 0.4) is 0 Å². The minimum atomic E-state index is -1.47. The molecule has 39 heavy (non-hydrogen) atoms. The molecule has 0 bridgehead atoms. The molecule has 0 saturated carbocycles. The number of amides is 3. The Labute approximate surface area is 227 Å². The summed E-state index contributed by atoms with van der Waals surface area (Å²) in [6, 6.07) is 10.3. The van der Waals surface area contributed by atoms with Gasteiger partial charge in [0.05, 0.1) is 12.1 Å². The lowest BCUT2D eigenvalue weighted by atomic mass is 10.0. The SMILES string of the molecule is CC(C)CC(NC(=O)C(NC(=O)C(Cc1ccccc1)NC(=O)C(N)Cc1ccc(O)cc1)C(C)O)C(=O)O. The van der Waals surface area contributed by atoms with Crippen molar-refractivity contribution in [1.29, 1.82) is 0 Å². The van der Waals surface area contributed by atoms with Gasteiger partial charge in [-0.2, -0.15) is 0 Å². The summed E-state index contributed by atoms with van der Waals surface area (Å²) < 4.78 is 0. The summed E-state index contributed by atoms with van der Waals surface area (Å²) in [5.74, 6) is -3.40. The normalized spacial score (nSPS) is 14.9. The molecule has 212 valence electrons. The van der Waals surface area contributed by atoms with E-state index in [0.29, 0.717) is 5.56 Å². The van der Waals surface area contributed by atoms with Gasteiger partial charge in [0.2, 0.25) is 17.7 Å². The molecule has 0 aliphatic heterocycles. The third-order valence-electron chi connectivity index (χ3n) is 6.03. The topological polar surface area (TPSA) is 191 Å². The number of phenols is 1. The van der Waals surface area contributed by atoms with Gasteiger partial charge in [-0.05, 0) is 48.9 Å². The molecule has 2 aromatic carbocycles. The number of hydrogen-bond donors (Lipinski definition) is 7. The number of aliphatic carboxylic acids is 1. The molecule has 11 nitrogen and oxygen atoms in total. The lowest BCUT2D eigenvalue weighted by molar-refractivity contribution is -0.143. The van der Waals surface area contributed by atoms with Crippen LogP contribution in [0.2, 0.25) is 0 Å². The third-order valence-corrected chi connectivity index (χ3v) is 6.03. The van der Waals surface area contributed by atoms with Crippen LogP contribution in [0.4, 0.5) is 0 Å². The first-order valence-corrected chi connectivity index (χ1v) is 12.8. The molecule has 0 heterocycles. The average Bonchev–Trinajstić information content (AvgIpc) is 2.87. The quantitative estimate of drug-likeness (QED) is 0.179. The van der Waals surface area contributed by atoms with E-state index in [0.717, 1.165) is 5.56 Å². The largest absolute Gasteiger partial charge is 0.508 e. The monoisotopic (exact) mass is 542 g/mol. The van der Waals surface area contributed by atoms with Crippen LogP contribution in [0.15, 0.2) is 54.6 Å². The van der Waals surface area contributed by atoms with Crippen molar-refractivity contribution in [2.24, 2.45) is 11.7 Å². The fourth-order valence-corrected chi connectivity index (χ4v) is 3.93. The molecule has 11 heteroatoms. The highest BCUT2D eigenvalue weighted by atomic mass is 16.4. The third kappa shape index (κ3) is 10.4. The molecule has 0 spiro atoms. The van der Waals surface area contributed by atoms with E-state index < -0.39 is 54.0 Å². The highest BCUT2D eigenvalue weighted by molar-refractivity contribution is 5.94. The number of aliphatic hydroxyl groups is 1. The van der Waals surface area contributed by atoms with Crippen molar-refractivity contribution >= 4 is 23.7 Å². The van der Waals surface area contributed by atoms with Crippen LogP contribution in [-0.4, -0.2) is 69.3 Å². The van der Waals surface area contributed by atoms with E-state index >= 15 is 0 Å². The summed E-state index contributed by atoms with van der Waals surface area (Å²) >= 11 is 0. The van der Waals surface area contributed by atoms with Crippen LogP contribution in [0.5, 0.6) is 5.75 Å². The van der Waals surface area contributed by atoms with E-state index in [9.17, 15) is 34.5 Å². The van der Waals surface area contributed by atoms with Gasteiger partial charge < -0.3 is 37.0 Å². The Kier molecular flexibility index (Phi) is 11.9. The molecule has 2 aromatic rings. The zero-order valence-corrected chi connectivity index (χ0v) is 22.3. The number of carboxylic acid groups (broad SMARTS) is 1. The second-order valence-electron chi connectivity index (χ2n) is 9.98. The lowest BCUT2D eigenvalue weighted by Crippen LogP contribution is -2.60. The Balaban J connectivity index is 2.19. The fourth-order valence-electron chi connectivity index (χ4n) is 3.93. The molecular formula is C28H38N4O7. The Bertz CT molecular complexity index is 1110. The molecule has 0 aromatic heterocycles. The summed E-state index contributed by atoms with van der Waals surface area (Å²) in [6.45, 7) is 4.90. The van der Waals surface area contributed by atoms with Gasteiger partial charge in [-0.25, -0.2) is 4.79 Å². The number of nitrogens with two attached hydrogens (primary N) is 1. The summed E-state index contributed by atoms with van der Waals surface area (Å²) in [7, 11) is 0.